The van der Waals surface area contributed by atoms with Crippen molar-refractivity contribution in [2.45, 2.75) is 6.54 Å². The predicted molar refractivity (Wildman–Crippen MR) is 103 cm³/mol. The highest BCUT2D eigenvalue weighted by molar-refractivity contribution is 6.31. The summed E-state index contributed by atoms with van der Waals surface area (Å²) in [6, 6.07) is 14.1. The fourth-order valence-corrected chi connectivity index (χ4v) is 3.20. The monoisotopic (exact) mass is 380 g/mol. The zero-order valence-electron chi connectivity index (χ0n) is 14.1. The molecular formula is C20H14ClFN4O. The van der Waals surface area contributed by atoms with Crippen molar-refractivity contribution >= 4 is 28.4 Å². The summed E-state index contributed by atoms with van der Waals surface area (Å²) in [4.78, 5) is 15.7. The molecule has 1 amide bonds. The van der Waals surface area contributed by atoms with Gasteiger partial charge in [-0.25, -0.2) is 4.39 Å². The Bertz CT molecular complexity index is 1170. The van der Waals surface area contributed by atoms with E-state index in [1.807, 2.05) is 30.3 Å². The van der Waals surface area contributed by atoms with Gasteiger partial charge in [-0.05, 0) is 35.9 Å². The molecule has 5 nitrogen and oxygen atoms in total. The first-order valence-corrected chi connectivity index (χ1v) is 8.55. The van der Waals surface area contributed by atoms with Crippen molar-refractivity contribution in [3.8, 4) is 22.4 Å². The Balaban J connectivity index is 1.86. The summed E-state index contributed by atoms with van der Waals surface area (Å²) in [7, 11) is 0. The number of hydrogen-bond donors (Lipinski definition) is 1. The van der Waals surface area contributed by atoms with E-state index >= 15 is 0 Å². The number of rotatable bonds is 4. The molecule has 0 atom stereocenters. The van der Waals surface area contributed by atoms with Gasteiger partial charge in [-0.1, -0.05) is 29.8 Å². The van der Waals surface area contributed by atoms with E-state index in [0.717, 1.165) is 22.0 Å². The molecule has 0 saturated carbocycles. The Kier molecular flexibility index (Phi) is 4.33. The minimum Gasteiger partial charge on any atom is -0.368 e. The molecule has 2 N–H and O–H groups in total. The van der Waals surface area contributed by atoms with Crippen LogP contribution in [0.1, 0.15) is 0 Å². The number of benzene rings is 2. The van der Waals surface area contributed by atoms with E-state index in [1.54, 1.807) is 29.2 Å². The molecule has 0 aliphatic carbocycles. The Morgan fingerprint density at radius 1 is 1.15 bits per heavy atom. The molecule has 0 aliphatic rings. The summed E-state index contributed by atoms with van der Waals surface area (Å²) in [6.07, 6.45) is 3.36. The second-order valence-electron chi connectivity index (χ2n) is 6.07. The quantitative estimate of drug-likeness (QED) is 0.580. The van der Waals surface area contributed by atoms with E-state index in [2.05, 4.69) is 10.1 Å². The first-order chi connectivity index (χ1) is 13.0. The molecule has 134 valence electrons. The Hall–Kier alpha value is -3.25. The summed E-state index contributed by atoms with van der Waals surface area (Å²) >= 11 is 5.94. The highest BCUT2D eigenvalue weighted by atomic mass is 35.5. The first kappa shape index (κ1) is 17.2. The number of nitrogens with zero attached hydrogens (tertiary/aromatic N) is 3. The van der Waals surface area contributed by atoms with E-state index in [-0.39, 0.29) is 11.6 Å². The summed E-state index contributed by atoms with van der Waals surface area (Å²) in [6.45, 7) is 0.000417. The minimum absolute atomic E-state index is 0.000417. The number of primary amides is 1. The van der Waals surface area contributed by atoms with Crippen molar-refractivity contribution in [2.75, 3.05) is 0 Å². The Morgan fingerprint density at radius 3 is 2.74 bits per heavy atom. The largest absolute Gasteiger partial charge is 0.368 e. The Labute approximate surface area is 159 Å². The summed E-state index contributed by atoms with van der Waals surface area (Å²) in [5.74, 6) is -0.942. The molecule has 0 aliphatic heterocycles. The van der Waals surface area contributed by atoms with Crippen LogP contribution in [0.15, 0.2) is 60.9 Å². The third-order valence-corrected chi connectivity index (χ3v) is 4.55. The van der Waals surface area contributed by atoms with Gasteiger partial charge < -0.3 is 5.73 Å². The molecular weight excluding hydrogens is 367 g/mol. The van der Waals surface area contributed by atoms with Crippen molar-refractivity contribution in [3.05, 3.63) is 71.8 Å². The summed E-state index contributed by atoms with van der Waals surface area (Å²) in [5.41, 5.74) is 9.22. The average molecular weight is 381 g/mol. The zero-order chi connectivity index (χ0) is 19.0. The lowest BCUT2D eigenvalue weighted by Crippen LogP contribution is -2.19. The van der Waals surface area contributed by atoms with Crippen molar-refractivity contribution in [1.82, 2.24) is 14.8 Å². The standard InChI is InChI=1S/C20H14ClFN4O/c21-16-8-13(5-6-17(16)22)20-15(2-1-7-24-20)12-3-4-14-10-25-26(11-19(23)27)18(14)9-12/h1-10H,11H2,(H2,23,27). The van der Waals surface area contributed by atoms with Gasteiger partial charge in [0.1, 0.15) is 12.4 Å². The maximum absolute atomic E-state index is 13.5. The normalized spacial score (nSPS) is 11.0. The van der Waals surface area contributed by atoms with Crippen LogP contribution in [0.5, 0.6) is 0 Å². The molecule has 2 heterocycles. The van der Waals surface area contributed by atoms with Gasteiger partial charge in [0.05, 0.1) is 22.4 Å². The van der Waals surface area contributed by atoms with E-state index in [1.165, 1.54) is 6.07 Å². The van der Waals surface area contributed by atoms with E-state index in [9.17, 15) is 9.18 Å². The molecule has 0 fully saturated rings. The number of fused-ring (bicyclic) bond motifs is 1. The SMILES string of the molecule is NC(=O)Cn1ncc2ccc(-c3cccnc3-c3ccc(F)c(Cl)c3)cc21. The van der Waals surface area contributed by atoms with Gasteiger partial charge in [-0.2, -0.15) is 5.10 Å². The van der Waals surface area contributed by atoms with Gasteiger partial charge >= 0.3 is 0 Å². The number of nitrogens with two attached hydrogens (primary N) is 1. The number of carbonyl (C=O) groups excluding carboxylic acids is 1. The van der Waals surface area contributed by atoms with Gasteiger partial charge in [0.25, 0.3) is 0 Å². The van der Waals surface area contributed by atoms with Gasteiger partial charge in [-0.15, -0.1) is 0 Å². The number of halogens is 2. The number of carbonyl (C=O) groups is 1. The fourth-order valence-electron chi connectivity index (χ4n) is 3.02. The summed E-state index contributed by atoms with van der Waals surface area (Å²) < 4.78 is 15.1. The third kappa shape index (κ3) is 3.27. The molecule has 7 heteroatoms. The molecule has 0 bridgehead atoms. The third-order valence-electron chi connectivity index (χ3n) is 4.26. The lowest BCUT2D eigenvalue weighted by Gasteiger charge is -2.10. The van der Waals surface area contributed by atoms with E-state index in [0.29, 0.717) is 11.3 Å². The Morgan fingerprint density at radius 2 is 1.96 bits per heavy atom. The number of pyridine rings is 1. The second kappa shape index (κ2) is 6.81. The lowest BCUT2D eigenvalue weighted by molar-refractivity contribution is -0.118. The predicted octanol–water partition coefficient (Wildman–Crippen LogP) is 4.04. The molecule has 0 saturated heterocycles. The van der Waals surface area contributed by atoms with Gasteiger partial charge in [-0.3, -0.25) is 14.5 Å². The highest BCUT2D eigenvalue weighted by Crippen LogP contribution is 2.33. The molecule has 0 unspecified atom stereocenters. The molecule has 4 rings (SSSR count). The van der Waals surface area contributed by atoms with Crippen LogP contribution < -0.4 is 5.73 Å². The van der Waals surface area contributed by atoms with Gasteiger partial charge in [0.2, 0.25) is 5.91 Å². The molecule has 2 aromatic heterocycles. The van der Waals surface area contributed by atoms with Crippen molar-refractivity contribution < 1.29 is 9.18 Å². The van der Waals surface area contributed by atoms with E-state index < -0.39 is 11.7 Å². The smallest absolute Gasteiger partial charge is 0.239 e. The van der Waals surface area contributed by atoms with Crippen LogP contribution in [-0.4, -0.2) is 20.7 Å². The van der Waals surface area contributed by atoms with Crippen molar-refractivity contribution in [3.63, 3.8) is 0 Å². The molecule has 27 heavy (non-hydrogen) atoms. The van der Waals surface area contributed by atoms with Crippen molar-refractivity contribution in [1.29, 1.82) is 0 Å². The first-order valence-electron chi connectivity index (χ1n) is 8.17. The molecule has 0 spiro atoms. The molecule has 2 aromatic carbocycles. The van der Waals surface area contributed by atoms with Crippen molar-refractivity contribution in [2.24, 2.45) is 5.73 Å². The van der Waals surface area contributed by atoms with Crippen LogP contribution in [0.4, 0.5) is 4.39 Å². The van der Waals surface area contributed by atoms with Crippen LogP contribution in [0.2, 0.25) is 5.02 Å². The second-order valence-corrected chi connectivity index (χ2v) is 6.48. The highest BCUT2D eigenvalue weighted by Gasteiger charge is 2.13. The van der Waals surface area contributed by atoms with Crippen LogP contribution in [0.3, 0.4) is 0 Å². The maximum atomic E-state index is 13.5. The number of aromatic nitrogens is 3. The zero-order valence-corrected chi connectivity index (χ0v) is 14.8. The van der Waals surface area contributed by atoms with Crippen LogP contribution >= 0.6 is 11.6 Å². The van der Waals surface area contributed by atoms with Crippen LogP contribution in [-0.2, 0) is 11.3 Å². The van der Waals surface area contributed by atoms with Crippen LogP contribution in [0.25, 0.3) is 33.3 Å². The summed E-state index contributed by atoms with van der Waals surface area (Å²) in [5, 5.41) is 5.15. The minimum atomic E-state index is -0.477. The maximum Gasteiger partial charge on any atom is 0.239 e. The molecule has 0 radical (unpaired) electrons. The van der Waals surface area contributed by atoms with Crippen LogP contribution in [0, 0.1) is 5.82 Å². The fraction of sp³-hybridized carbons (Fsp3) is 0.0500. The van der Waals surface area contributed by atoms with E-state index in [4.69, 9.17) is 17.3 Å². The average Bonchev–Trinajstić information content (AvgIpc) is 3.05. The van der Waals surface area contributed by atoms with Gasteiger partial charge in [0.15, 0.2) is 0 Å². The molecule has 4 aromatic rings. The lowest BCUT2D eigenvalue weighted by atomic mass is 9.98. The topological polar surface area (TPSA) is 73.8 Å². The number of amides is 1. The van der Waals surface area contributed by atoms with Gasteiger partial charge in [0, 0.05) is 22.7 Å². The number of hydrogen-bond acceptors (Lipinski definition) is 3.